The highest BCUT2D eigenvalue weighted by Crippen LogP contribution is 2.30. The fraction of sp³-hybridized carbons (Fsp3) is 0.756. The molecule has 1 aliphatic rings. The number of carboxylic acids is 1. The van der Waals surface area contributed by atoms with Crippen LogP contribution < -0.4 is 10.6 Å². The maximum Gasteiger partial charge on any atom is 0.326 e. The molecule has 13 heteroatoms. The Hall–Kier alpha value is -3.55. The first-order valence-corrected chi connectivity index (χ1v) is 21.5. The van der Waals surface area contributed by atoms with Gasteiger partial charge >= 0.3 is 5.97 Å². The first-order chi connectivity index (χ1) is 27.3. The van der Waals surface area contributed by atoms with Gasteiger partial charge in [0.1, 0.15) is 12.1 Å². The van der Waals surface area contributed by atoms with Crippen LogP contribution in [0.5, 0.6) is 0 Å². The van der Waals surface area contributed by atoms with Gasteiger partial charge in [-0.2, -0.15) is 0 Å². The number of hydrogen-bond donors (Lipinski definition) is 3. The normalized spacial score (nSPS) is 18.7. The van der Waals surface area contributed by atoms with Crippen LogP contribution in [-0.4, -0.2) is 133 Å². The summed E-state index contributed by atoms with van der Waals surface area (Å²) in [5, 5.41) is 15.7. The van der Waals surface area contributed by atoms with Gasteiger partial charge in [-0.05, 0) is 68.5 Å². The summed E-state index contributed by atoms with van der Waals surface area (Å²) in [6, 6.07) is 5.91. The zero-order valence-electron chi connectivity index (χ0n) is 37.8. The van der Waals surface area contributed by atoms with Gasteiger partial charge in [-0.1, -0.05) is 99.1 Å². The second-order valence-electron chi connectivity index (χ2n) is 17.6. The van der Waals surface area contributed by atoms with Gasteiger partial charge in [-0.15, -0.1) is 0 Å². The van der Waals surface area contributed by atoms with Crippen LogP contribution in [-0.2, 0) is 39.9 Å². The van der Waals surface area contributed by atoms with Gasteiger partial charge in [-0.25, -0.2) is 4.79 Å². The van der Waals surface area contributed by atoms with Crippen molar-refractivity contribution in [3.8, 4) is 0 Å². The molecule has 9 atom stereocenters. The zero-order chi connectivity index (χ0) is 43.9. The lowest BCUT2D eigenvalue weighted by Crippen LogP contribution is -2.60. The Morgan fingerprint density at radius 3 is 2.05 bits per heavy atom. The molecule has 330 valence electrons. The van der Waals surface area contributed by atoms with E-state index in [-0.39, 0.29) is 48.3 Å². The van der Waals surface area contributed by atoms with Gasteiger partial charge in [0.05, 0.1) is 42.7 Å². The number of nitrogens with one attached hydrogen (secondary N) is 2. The molecule has 3 N–H and O–H groups in total. The van der Waals surface area contributed by atoms with Crippen molar-refractivity contribution in [2.24, 2.45) is 29.6 Å². The Morgan fingerprint density at radius 1 is 0.897 bits per heavy atom. The zero-order valence-corrected chi connectivity index (χ0v) is 37.8. The highest BCUT2D eigenvalue weighted by Gasteiger charge is 2.43. The van der Waals surface area contributed by atoms with Gasteiger partial charge in [0.25, 0.3) is 0 Å². The summed E-state index contributed by atoms with van der Waals surface area (Å²) < 4.78 is 11.9. The smallest absolute Gasteiger partial charge is 0.326 e. The number of likely N-dealkylation sites (tertiary alicyclic amines) is 1. The van der Waals surface area contributed by atoms with Gasteiger partial charge in [-0.3, -0.25) is 24.1 Å². The molecule has 13 nitrogen and oxygen atoms in total. The lowest BCUT2D eigenvalue weighted by molar-refractivity contribution is -0.148. The molecule has 0 radical (unpaired) electrons. The molecule has 0 spiro atoms. The highest BCUT2D eigenvalue weighted by molar-refractivity contribution is 5.90. The van der Waals surface area contributed by atoms with E-state index in [1.54, 1.807) is 30.9 Å². The molecular weight excluding hydrogens is 739 g/mol. The number of amides is 4. The Kier molecular flexibility index (Phi) is 21.4. The molecule has 4 amide bonds. The highest BCUT2D eigenvalue weighted by atomic mass is 16.5. The molecule has 1 heterocycles. The molecule has 1 aromatic rings. The van der Waals surface area contributed by atoms with E-state index in [4.69, 9.17) is 9.47 Å². The van der Waals surface area contributed by atoms with Crippen molar-refractivity contribution >= 4 is 29.6 Å². The van der Waals surface area contributed by atoms with Crippen LogP contribution in [0.25, 0.3) is 0 Å². The minimum atomic E-state index is -1.14. The van der Waals surface area contributed by atoms with Crippen molar-refractivity contribution in [1.29, 1.82) is 0 Å². The summed E-state index contributed by atoms with van der Waals surface area (Å²) in [6.45, 7) is 19.3. The molecule has 1 saturated heterocycles. The molecule has 0 unspecified atom stereocenters. The van der Waals surface area contributed by atoms with Crippen LogP contribution in [0.2, 0.25) is 0 Å². The third-order valence-electron chi connectivity index (χ3n) is 12.1. The summed E-state index contributed by atoms with van der Waals surface area (Å²) >= 11 is 0. The van der Waals surface area contributed by atoms with Crippen molar-refractivity contribution in [3.05, 3.63) is 35.9 Å². The molecule has 0 bridgehead atoms. The SMILES string of the molecule is CC[C@H](C)[C@@H]([C@@H](CC(=O)N1CCC[C@H]1[C@H](OC)[C@@H](C)C(=O)N[C@H](Cc1ccccc1)C(=O)O)OC)N(C)C(=O)[C@@H](NC(=O)[C@H](C(C)C)N(C)CCCC(C)C)C(C)C. The van der Waals surface area contributed by atoms with Crippen molar-refractivity contribution < 1.29 is 38.6 Å². The second-order valence-corrected chi connectivity index (χ2v) is 17.6. The number of likely N-dealkylation sites (N-methyl/N-ethyl adjacent to an activating group) is 2. The summed E-state index contributed by atoms with van der Waals surface area (Å²) in [7, 11) is 6.76. The van der Waals surface area contributed by atoms with E-state index in [2.05, 4.69) is 29.4 Å². The molecule has 58 heavy (non-hydrogen) atoms. The lowest BCUT2D eigenvalue weighted by atomic mass is 9.89. The maximum absolute atomic E-state index is 14.4. The Morgan fingerprint density at radius 2 is 1.53 bits per heavy atom. The summed E-state index contributed by atoms with van der Waals surface area (Å²) in [5.74, 6) is -2.58. The minimum Gasteiger partial charge on any atom is -0.480 e. The van der Waals surface area contributed by atoms with Gasteiger partial charge in [0, 0.05) is 34.2 Å². The molecule has 1 aromatic carbocycles. The molecule has 1 aliphatic heterocycles. The van der Waals surface area contributed by atoms with Crippen LogP contribution in [0.15, 0.2) is 30.3 Å². The van der Waals surface area contributed by atoms with Crippen LogP contribution in [0.1, 0.15) is 106 Å². The van der Waals surface area contributed by atoms with Crippen LogP contribution in [0.3, 0.4) is 0 Å². The topological polar surface area (TPSA) is 158 Å². The fourth-order valence-electron chi connectivity index (χ4n) is 8.53. The van der Waals surface area contributed by atoms with Crippen molar-refractivity contribution in [1.82, 2.24) is 25.3 Å². The second kappa shape index (κ2) is 24.5. The van der Waals surface area contributed by atoms with Crippen LogP contribution in [0, 0.1) is 29.6 Å². The molecule has 2 rings (SSSR count). The summed E-state index contributed by atoms with van der Waals surface area (Å²) in [6.07, 6.45) is 2.87. The number of carbonyl (C=O) groups excluding carboxylic acids is 4. The van der Waals surface area contributed by atoms with Gasteiger partial charge < -0.3 is 35.0 Å². The molecule has 1 fully saturated rings. The Balaban J connectivity index is 2.27. The summed E-state index contributed by atoms with van der Waals surface area (Å²) in [5.41, 5.74) is 0.787. The molecule has 0 aromatic heterocycles. The van der Waals surface area contributed by atoms with Crippen molar-refractivity contribution in [2.45, 2.75) is 150 Å². The van der Waals surface area contributed by atoms with Crippen molar-refractivity contribution in [3.63, 3.8) is 0 Å². The third-order valence-corrected chi connectivity index (χ3v) is 12.1. The number of carboxylic acid groups (broad SMARTS) is 1. The number of hydrogen-bond acceptors (Lipinski definition) is 8. The Bertz CT molecular complexity index is 1440. The number of methoxy groups -OCH3 is 2. The average molecular weight is 816 g/mol. The fourth-order valence-corrected chi connectivity index (χ4v) is 8.53. The summed E-state index contributed by atoms with van der Waals surface area (Å²) in [4.78, 5) is 73.8. The van der Waals surface area contributed by atoms with Crippen molar-refractivity contribution in [2.75, 3.05) is 41.4 Å². The predicted octanol–water partition coefficient (Wildman–Crippen LogP) is 5.25. The van der Waals surface area contributed by atoms with E-state index in [1.165, 1.54) is 7.11 Å². The minimum absolute atomic E-state index is 0.00982. The number of carbonyl (C=O) groups is 5. The average Bonchev–Trinajstić information content (AvgIpc) is 3.65. The number of nitrogens with zero attached hydrogens (tertiary/aromatic N) is 3. The van der Waals surface area contributed by atoms with E-state index in [0.29, 0.717) is 25.3 Å². The number of rotatable bonds is 25. The molecule has 0 saturated carbocycles. The van der Waals surface area contributed by atoms with Gasteiger partial charge in [0.2, 0.25) is 23.6 Å². The largest absolute Gasteiger partial charge is 0.480 e. The van der Waals surface area contributed by atoms with E-state index < -0.39 is 60.2 Å². The van der Waals surface area contributed by atoms with E-state index >= 15 is 0 Å². The quantitative estimate of drug-likeness (QED) is 0.120. The molecule has 0 aliphatic carbocycles. The van der Waals surface area contributed by atoms with Crippen LogP contribution >= 0.6 is 0 Å². The van der Waals surface area contributed by atoms with E-state index in [0.717, 1.165) is 31.4 Å². The van der Waals surface area contributed by atoms with Crippen LogP contribution in [0.4, 0.5) is 0 Å². The monoisotopic (exact) mass is 816 g/mol. The standard InChI is InChI=1S/C45H77N5O8/c1-14-31(8)40(49(11)44(54)38(29(4)5)47-43(53)39(30(6)7)48(10)24-18-20-28(2)3)36(57-12)27-37(51)50-25-19-23-35(50)41(58-13)32(9)42(52)46-34(45(55)56)26-33-21-16-15-17-22-33/h15-17,21-22,28-32,34-36,38-41H,14,18-20,23-27H2,1-13H3,(H,46,52)(H,47,53)(H,55,56)/t31-,32+,34+,35-,36+,38-,39-,40-,41+/m0/s1. The maximum atomic E-state index is 14.4. The molecular formula is C45H77N5O8. The van der Waals surface area contributed by atoms with Gasteiger partial charge in [0.15, 0.2) is 0 Å². The first-order valence-electron chi connectivity index (χ1n) is 21.5. The predicted molar refractivity (Wildman–Crippen MR) is 228 cm³/mol. The van der Waals surface area contributed by atoms with E-state index in [9.17, 15) is 29.1 Å². The Labute approximate surface area is 349 Å². The number of aliphatic carboxylic acids is 1. The third kappa shape index (κ3) is 14.3. The number of benzene rings is 1. The number of ether oxygens (including phenoxy) is 2. The van der Waals surface area contributed by atoms with E-state index in [1.807, 2.05) is 78.9 Å². The lowest BCUT2D eigenvalue weighted by Gasteiger charge is -2.41. The first kappa shape index (κ1) is 50.6.